The van der Waals surface area contributed by atoms with Crippen LogP contribution in [-0.4, -0.2) is 30.2 Å². The summed E-state index contributed by atoms with van der Waals surface area (Å²) >= 11 is 7.22. The molecular formula is C9H9ClN6S. The molecule has 0 amide bonds. The normalized spacial score (nSPS) is 15.2. The molecule has 0 bridgehead atoms. The van der Waals surface area contributed by atoms with E-state index < -0.39 is 0 Å². The average Bonchev–Trinajstić information content (AvgIpc) is 2.99. The molecule has 0 aromatic carbocycles. The van der Waals surface area contributed by atoms with Gasteiger partial charge in [-0.25, -0.2) is 14.6 Å². The molecule has 1 aliphatic carbocycles. The summed E-state index contributed by atoms with van der Waals surface area (Å²) in [7, 11) is 0. The molecule has 0 atom stereocenters. The van der Waals surface area contributed by atoms with Gasteiger partial charge in [-0.1, -0.05) is 0 Å². The Labute approximate surface area is 107 Å². The fraction of sp³-hybridized carbons (Fsp3) is 0.444. The van der Waals surface area contributed by atoms with Gasteiger partial charge < -0.3 is 0 Å². The molecule has 2 aromatic heterocycles. The van der Waals surface area contributed by atoms with Crippen molar-refractivity contribution < 1.29 is 0 Å². The summed E-state index contributed by atoms with van der Waals surface area (Å²) in [6, 6.07) is 2.31. The maximum absolute atomic E-state index is 5.81. The summed E-state index contributed by atoms with van der Waals surface area (Å²) in [5.74, 6) is 0. The largest absolute Gasteiger partial charge is 0.223 e. The number of aromatic nitrogens is 6. The first-order valence-corrected chi connectivity index (χ1v) is 6.39. The summed E-state index contributed by atoms with van der Waals surface area (Å²) in [6.07, 6.45) is 2.28. The Morgan fingerprint density at radius 3 is 2.94 bits per heavy atom. The molecular weight excluding hydrogens is 260 g/mol. The zero-order valence-corrected chi connectivity index (χ0v) is 10.6. The van der Waals surface area contributed by atoms with Crippen molar-refractivity contribution in [1.29, 1.82) is 0 Å². The molecule has 2 heterocycles. The smallest absolute Gasteiger partial charge is 0.223 e. The zero-order valence-electron chi connectivity index (χ0n) is 9.04. The van der Waals surface area contributed by atoms with Crippen LogP contribution in [0.15, 0.2) is 16.2 Å². The summed E-state index contributed by atoms with van der Waals surface area (Å²) in [6.45, 7) is 1.88. The molecule has 6 nitrogen and oxygen atoms in total. The minimum atomic E-state index is 0.248. The molecule has 1 fully saturated rings. The molecule has 0 spiro atoms. The van der Waals surface area contributed by atoms with Crippen molar-refractivity contribution in [2.75, 3.05) is 0 Å². The number of aryl methyl sites for hydroxylation is 1. The maximum Gasteiger partial charge on any atom is 0.223 e. The van der Waals surface area contributed by atoms with Crippen molar-refractivity contribution in [3.63, 3.8) is 0 Å². The Kier molecular flexibility index (Phi) is 2.71. The van der Waals surface area contributed by atoms with E-state index in [0.717, 1.165) is 28.7 Å². The molecule has 8 heteroatoms. The van der Waals surface area contributed by atoms with Crippen molar-refractivity contribution in [2.45, 2.75) is 36.0 Å². The van der Waals surface area contributed by atoms with E-state index in [0.29, 0.717) is 6.04 Å². The lowest BCUT2D eigenvalue weighted by molar-refractivity contribution is 0.565. The number of halogens is 1. The van der Waals surface area contributed by atoms with Crippen LogP contribution in [-0.2, 0) is 0 Å². The lowest BCUT2D eigenvalue weighted by Gasteiger charge is -2.02. The van der Waals surface area contributed by atoms with Crippen LogP contribution in [0.25, 0.3) is 0 Å². The van der Waals surface area contributed by atoms with Crippen molar-refractivity contribution in [2.24, 2.45) is 0 Å². The van der Waals surface area contributed by atoms with Gasteiger partial charge in [-0.15, -0.1) is 5.10 Å². The quantitative estimate of drug-likeness (QED) is 0.626. The third-order valence-corrected chi connectivity index (χ3v) is 3.39. The summed E-state index contributed by atoms with van der Waals surface area (Å²) < 4.78 is 1.84. The first kappa shape index (κ1) is 10.9. The van der Waals surface area contributed by atoms with E-state index in [2.05, 4.69) is 25.5 Å². The van der Waals surface area contributed by atoms with Crippen molar-refractivity contribution in [1.82, 2.24) is 30.2 Å². The highest BCUT2D eigenvalue weighted by molar-refractivity contribution is 7.99. The van der Waals surface area contributed by atoms with Gasteiger partial charge in [0.2, 0.25) is 10.4 Å². The Morgan fingerprint density at radius 1 is 1.41 bits per heavy atom. The number of rotatable bonds is 3. The molecule has 0 aliphatic heterocycles. The van der Waals surface area contributed by atoms with Gasteiger partial charge in [0.05, 0.1) is 6.04 Å². The molecule has 3 rings (SSSR count). The molecule has 88 valence electrons. The lowest BCUT2D eigenvalue weighted by Crippen LogP contribution is -1.99. The van der Waals surface area contributed by atoms with Crippen LogP contribution in [0.1, 0.15) is 24.6 Å². The van der Waals surface area contributed by atoms with E-state index in [1.807, 2.05) is 17.7 Å². The number of hydrogen-bond acceptors (Lipinski definition) is 6. The molecule has 0 unspecified atom stereocenters. The van der Waals surface area contributed by atoms with E-state index in [9.17, 15) is 0 Å². The van der Waals surface area contributed by atoms with Crippen LogP contribution in [0.5, 0.6) is 0 Å². The fourth-order valence-electron chi connectivity index (χ4n) is 1.45. The first-order chi connectivity index (χ1) is 8.22. The van der Waals surface area contributed by atoms with Crippen molar-refractivity contribution >= 4 is 23.4 Å². The second-order valence-electron chi connectivity index (χ2n) is 3.86. The topological polar surface area (TPSA) is 69.4 Å². The van der Waals surface area contributed by atoms with Crippen LogP contribution in [0.2, 0.25) is 5.28 Å². The molecule has 0 saturated heterocycles. The van der Waals surface area contributed by atoms with Gasteiger partial charge in [0, 0.05) is 5.69 Å². The third kappa shape index (κ3) is 2.39. The number of nitrogens with zero attached hydrogens (tertiary/aromatic N) is 6. The molecule has 2 aromatic rings. The van der Waals surface area contributed by atoms with Gasteiger partial charge in [-0.05, 0) is 59.6 Å². The van der Waals surface area contributed by atoms with E-state index in [1.165, 1.54) is 11.8 Å². The SMILES string of the molecule is Cc1cc(Sc2nnnn2C2CC2)nc(Cl)n1. The van der Waals surface area contributed by atoms with Gasteiger partial charge >= 0.3 is 0 Å². The van der Waals surface area contributed by atoms with E-state index in [4.69, 9.17) is 11.6 Å². The standard InChI is InChI=1S/C9H9ClN6S/c1-5-4-7(12-8(10)11-5)17-9-13-14-15-16(9)6-2-3-6/h4,6H,2-3H2,1H3. The van der Waals surface area contributed by atoms with Gasteiger partial charge in [0.1, 0.15) is 5.03 Å². The van der Waals surface area contributed by atoms with Crippen LogP contribution in [0.3, 0.4) is 0 Å². The number of hydrogen-bond donors (Lipinski definition) is 0. The number of tetrazole rings is 1. The highest BCUT2D eigenvalue weighted by Gasteiger charge is 2.28. The predicted molar refractivity (Wildman–Crippen MR) is 62.0 cm³/mol. The Balaban J connectivity index is 1.88. The first-order valence-electron chi connectivity index (χ1n) is 5.19. The Morgan fingerprint density at radius 2 is 2.24 bits per heavy atom. The van der Waals surface area contributed by atoms with Crippen LogP contribution < -0.4 is 0 Å². The summed E-state index contributed by atoms with van der Waals surface area (Å²) in [4.78, 5) is 8.15. The fourth-order valence-corrected chi connectivity index (χ4v) is 2.63. The van der Waals surface area contributed by atoms with Crippen molar-refractivity contribution in [3.05, 3.63) is 17.0 Å². The van der Waals surface area contributed by atoms with Gasteiger partial charge in [0.25, 0.3) is 0 Å². The van der Waals surface area contributed by atoms with Gasteiger partial charge in [-0.3, -0.25) is 0 Å². The van der Waals surface area contributed by atoms with Crippen LogP contribution in [0, 0.1) is 6.92 Å². The third-order valence-electron chi connectivity index (χ3n) is 2.35. The highest BCUT2D eigenvalue weighted by atomic mass is 35.5. The lowest BCUT2D eigenvalue weighted by atomic mass is 10.5. The monoisotopic (exact) mass is 268 g/mol. The van der Waals surface area contributed by atoms with E-state index in [1.54, 1.807) is 0 Å². The van der Waals surface area contributed by atoms with Crippen LogP contribution in [0.4, 0.5) is 0 Å². The molecule has 0 radical (unpaired) electrons. The molecule has 17 heavy (non-hydrogen) atoms. The summed E-state index contributed by atoms with van der Waals surface area (Å²) in [5, 5.41) is 13.4. The molecule has 0 N–H and O–H groups in total. The van der Waals surface area contributed by atoms with E-state index >= 15 is 0 Å². The molecule has 1 saturated carbocycles. The van der Waals surface area contributed by atoms with Gasteiger partial charge in [-0.2, -0.15) is 0 Å². The van der Waals surface area contributed by atoms with Gasteiger partial charge in [0.15, 0.2) is 0 Å². The predicted octanol–water partition coefficient (Wildman–Crippen LogP) is 1.91. The Hall–Kier alpha value is -1.21. The zero-order chi connectivity index (χ0) is 11.8. The van der Waals surface area contributed by atoms with Crippen LogP contribution >= 0.6 is 23.4 Å². The maximum atomic E-state index is 5.81. The highest BCUT2D eigenvalue weighted by Crippen LogP contribution is 2.37. The summed E-state index contributed by atoms with van der Waals surface area (Å²) in [5.41, 5.74) is 0.831. The second kappa shape index (κ2) is 4.23. The minimum absolute atomic E-state index is 0.248. The van der Waals surface area contributed by atoms with Crippen molar-refractivity contribution in [3.8, 4) is 0 Å². The average molecular weight is 269 g/mol. The minimum Gasteiger partial charge on any atom is -0.223 e. The second-order valence-corrected chi connectivity index (χ2v) is 5.18. The molecule has 1 aliphatic rings. The Bertz CT molecular complexity index is 532. The van der Waals surface area contributed by atoms with E-state index in [-0.39, 0.29) is 5.28 Å².